The van der Waals surface area contributed by atoms with E-state index in [-0.39, 0.29) is 54.1 Å². The minimum Gasteiger partial charge on any atom is -0.492 e. The smallest absolute Gasteiger partial charge is 0.413 e. The number of aromatic nitrogens is 1. The van der Waals surface area contributed by atoms with Gasteiger partial charge < -0.3 is 34.9 Å². The summed E-state index contributed by atoms with van der Waals surface area (Å²) in [6.07, 6.45) is -5.23. The van der Waals surface area contributed by atoms with Gasteiger partial charge >= 0.3 is 12.3 Å². The fraction of sp³-hybridized carbons (Fsp3) is 0.393. The van der Waals surface area contributed by atoms with E-state index in [1.807, 2.05) is 0 Å². The third kappa shape index (κ3) is 6.97. The molecule has 1 saturated heterocycles. The fourth-order valence-corrected chi connectivity index (χ4v) is 5.89. The van der Waals surface area contributed by atoms with Crippen molar-refractivity contribution in [3.63, 3.8) is 0 Å². The van der Waals surface area contributed by atoms with Crippen LogP contribution in [-0.4, -0.2) is 66.5 Å². The largest absolute Gasteiger partial charge is 0.492 e. The van der Waals surface area contributed by atoms with Crippen molar-refractivity contribution < 1.29 is 36.6 Å². The predicted molar refractivity (Wildman–Crippen MR) is 157 cm³/mol. The number of carbonyl (C=O) groups excluding carboxylic acids is 2. The highest BCUT2D eigenvalue weighted by molar-refractivity contribution is 6.35. The number of fused-ring (bicyclic) bond motifs is 1. The Morgan fingerprint density at radius 1 is 1.14 bits per heavy atom. The van der Waals surface area contributed by atoms with E-state index in [9.17, 15) is 27.6 Å². The number of carbonyl (C=O) groups is 2. The van der Waals surface area contributed by atoms with Crippen molar-refractivity contribution in [1.82, 2.24) is 14.8 Å². The molecule has 1 fully saturated rings. The van der Waals surface area contributed by atoms with Crippen molar-refractivity contribution >= 4 is 51.8 Å². The number of piperazine rings is 1. The summed E-state index contributed by atoms with van der Waals surface area (Å²) >= 11 is 12.0. The SMILES string of the molecule is COc1c(N2CC(C)N(C(=O)CN)C(C)C2)c(F)cc2c(=O)c(OC(=O)NCc3ccc(Cl)cc3Cl)cn(CC(F)(F)F)c12. The number of nitrogens with zero attached hydrogens (tertiary/aromatic N) is 3. The number of methoxy groups -OCH3 is 1. The molecule has 4 rings (SSSR count). The lowest BCUT2D eigenvalue weighted by Crippen LogP contribution is -2.60. The van der Waals surface area contributed by atoms with Crippen LogP contribution >= 0.6 is 23.2 Å². The van der Waals surface area contributed by atoms with E-state index in [2.05, 4.69) is 5.32 Å². The Balaban J connectivity index is 1.76. The number of halogens is 6. The number of nitrogens with two attached hydrogens (primary N) is 1. The number of rotatable bonds is 7. The van der Waals surface area contributed by atoms with E-state index >= 15 is 4.39 Å². The Morgan fingerprint density at radius 3 is 2.36 bits per heavy atom. The first-order valence-corrected chi connectivity index (χ1v) is 14.1. The molecular weight excluding hydrogens is 633 g/mol. The lowest BCUT2D eigenvalue weighted by atomic mass is 10.0. The van der Waals surface area contributed by atoms with Crippen LogP contribution in [0.15, 0.2) is 35.3 Å². The monoisotopic (exact) mass is 661 g/mol. The van der Waals surface area contributed by atoms with Gasteiger partial charge in [-0.3, -0.25) is 9.59 Å². The van der Waals surface area contributed by atoms with Crippen LogP contribution in [-0.2, 0) is 17.9 Å². The molecule has 238 valence electrons. The molecule has 2 atom stereocenters. The van der Waals surface area contributed by atoms with E-state index in [0.717, 1.165) is 19.4 Å². The van der Waals surface area contributed by atoms with Crippen molar-refractivity contribution in [3.8, 4) is 11.5 Å². The number of amides is 2. The van der Waals surface area contributed by atoms with Crippen LogP contribution in [0.25, 0.3) is 10.9 Å². The maximum atomic E-state index is 15.8. The van der Waals surface area contributed by atoms with Crippen LogP contribution in [0.4, 0.5) is 28.0 Å². The summed E-state index contributed by atoms with van der Waals surface area (Å²) in [5, 5.41) is 2.46. The minimum atomic E-state index is -4.79. The second kappa shape index (κ2) is 13.1. The van der Waals surface area contributed by atoms with Gasteiger partial charge in [0.25, 0.3) is 0 Å². The van der Waals surface area contributed by atoms with Gasteiger partial charge in [0.2, 0.25) is 11.3 Å². The van der Waals surface area contributed by atoms with Gasteiger partial charge in [-0.15, -0.1) is 0 Å². The zero-order valence-corrected chi connectivity index (χ0v) is 25.3. The zero-order chi connectivity index (χ0) is 32.5. The van der Waals surface area contributed by atoms with E-state index < -0.39 is 53.3 Å². The average Bonchev–Trinajstić information content (AvgIpc) is 2.93. The van der Waals surface area contributed by atoms with Crippen LogP contribution in [0.3, 0.4) is 0 Å². The molecule has 0 bridgehead atoms. The maximum Gasteiger partial charge on any atom is 0.413 e. The van der Waals surface area contributed by atoms with Gasteiger partial charge in [0.15, 0.2) is 17.3 Å². The Kier molecular flexibility index (Phi) is 9.86. The Hall–Kier alpha value is -3.75. The molecule has 2 aromatic carbocycles. The molecule has 16 heteroatoms. The predicted octanol–water partition coefficient (Wildman–Crippen LogP) is 4.69. The molecule has 0 aliphatic carbocycles. The molecule has 0 saturated carbocycles. The molecule has 0 radical (unpaired) electrons. The highest BCUT2D eigenvalue weighted by atomic mass is 35.5. The molecular formula is C28H29Cl2F4N5O5. The van der Waals surface area contributed by atoms with Gasteiger partial charge in [0, 0.05) is 41.8 Å². The van der Waals surface area contributed by atoms with Gasteiger partial charge in [-0.05, 0) is 37.6 Å². The average molecular weight is 662 g/mol. The number of anilines is 1. The van der Waals surface area contributed by atoms with Crippen LogP contribution in [0.5, 0.6) is 11.5 Å². The molecule has 10 nitrogen and oxygen atoms in total. The first-order chi connectivity index (χ1) is 20.6. The molecule has 1 aliphatic heterocycles. The lowest BCUT2D eigenvalue weighted by Gasteiger charge is -2.45. The molecule has 3 N–H and O–H groups in total. The Labute approximate surface area is 259 Å². The number of benzene rings is 2. The summed E-state index contributed by atoms with van der Waals surface area (Å²) in [4.78, 5) is 41.4. The summed E-state index contributed by atoms with van der Waals surface area (Å²) in [6, 6.07) is 4.45. The Morgan fingerprint density at radius 2 is 1.80 bits per heavy atom. The maximum absolute atomic E-state index is 15.8. The molecule has 2 unspecified atom stereocenters. The van der Waals surface area contributed by atoms with Crippen molar-refractivity contribution in [3.05, 3.63) is 62.1 Å². The zero-order valence-electron chi connectivity index (χ0n) is 23.8. The number of hydrogen-bond donors (Lipinski definition) is 2. The quantitative estimate of drug-likeness (QED) is 0.353. The molecule has 3 aromatic rings. The first-order valence-electron chi connectivity index (χ1n) is 13.3. The second-order valence-electron chi connectivity index (χ2n) is 10.3. The summed E-state index contributed by atoms with van der Waals surface area (Å²) in [5.74, 6) is -2.36. The van der Waals surface area contributed by atoms with Crippen molar-refractivity contribution in [2.45, 2.75) is 45.2 Å². The van der Waals surface area contributed by atoms with E-state index in [1.165, 1.54) is 12.1 Å². The third-order valence-corrected chi connectivity index (χ3v) is 7.69. The van der Waals surface area contributed by atoms with E-state index in [4.69, 9.17) is 38.4 Å². The third-order valence-electron chi connectivity index (χ3n) is 7.10. The normalized spacial score (nSPS) is 17.1. The Bertz CT molecular complexity index is 1640. The number of pyridine rings is 1. The van der Waals surface area contributed by atoms with Crippen LogP contribution < -0.4 is 30.9 Å². The molecule has 2 heterocycles. The van der Waals surface area contributed by atoms with Gasteiger partial charge in [-0.2, -0.15) is 13.2 Å². The first kappa shape index (κ1) is 33.1. The van der Waals surface area contributed by atoms with Crippen LogP contribution in [0.2, 0.25) is 10.0 Å². The number of nitrogens with one attached hydrogen (secondary N) is 1. The topological polar surface area (TPSA) is 119 Å². The molecule has 1 aromatic heterocycles. The minimum absolute atomic E-state index is 0.109. The van der Waals surface area contributed by atoms with Crippen molar-refractivity contribution in [2.75, 3.05) is 31.6 Å². The second-order valence-corrected chi connectivity index (χ2v) is 11.1. The van der Waals surface area contributed by atoms with Gasteiger partial charge in [0.05, 0.1) is 30.8 Å². The van der Waals surface area contributed by atoms with E-state index in [1.54, 1.807) is 29.7 Å². The molecule has 1 aliphatic rings. The summed E-state index contributed by atoms with van der Waals surface area (Å²) in [7, 11) is 1.14. The summed E-state index contributed by atoms with van der Waals surface area (Å²) in [6.45, 7) is 1.70. The summed E-state index contributed by atoms with van der Waals surface area (Å²) < 4.78 is 68.2. The molecule has 0 spiro atoms. The number of hydrogen-bond acceptors (Lipinski definition) is 7. The molecule has 2 amide bonds. The highest BCUT2D eigenvalue weighted by Crippen LogP contribution is 2.40. The highest BCUT2D eigenvalue weighted by Gasteiger charge is 2.36. The van der Waals surface area contributed by atoms with Gasteiger partial charge in [0.1, 0.15) is 12.2 Å². The number of ether oxygens (including phenoxy) is 2. The molecule has 44 heavy (non-hydrogen) atoms. The fourth-order valence-electron chi connectivity index (χ4n) is 5.41. The van der Waals surface area contributed by atoms with Crippen molar-refractivity contribution in [2.24, 2.45) is 5.73 Å². The van der Waals surface area contributed by atoms with Gasteiger partial charge in [-0.1, -0.05) is 29.3 Å². The number of alkyl halides is 3. The standard InChI is InChI=1S/C28H29Cl2F4N5O5/c1-14-10-37(11-15(2)39(14)22(40)8-35)24-20(31)7-18-23(26(24)43-3)38(13-28(32,33)34)12-21(25(18)41)44-27(42)36-9-16-4-5-17(29)6-19(16)30/h4-7,12,14-15H,8-11,13,35H2,1-3H3,(H,36,42). The van der Waals surface area contributed by atoms with Gasteiger partial charge in [-0.25, -0.2) is 9.18 Å². The summed E-state index contributed by atoms with van der Waals surface area (Å²) in [5.41, 5.74) is 4.41. The van der Waals surface area contributed by atoms with Crippen LogP contribution in [0, 0.1) is 5.82 Å². The van der Waals surface area contributed by atoms with Crippen LogP contribution in [0.1, 0.15) is 19.4 Å². The van der Waals surface area contributed by atoms with Crippen molar-refractivity contribution in [1.29, 1.82) is 0 Å². The lowest BCUT2D eigenvalue weighted by molar-refractivity contribution is -0.140. The van der Waals surface area contributed by atoms with E-state index in [0.29, 0.717) is 15.2 Å².